The molecule has 0 radical (unpaired) electrons. The van der Waals surface area contributed by atoms with Crippen molar-refractivity contribution in [3.8, 4) is 0 Å². The fourth-order valence-corrected chi connectivity index (χ4v) is 2.26. The smallest absolute Gasteiger partial charge is 0.407 e. The summed E-state index contributed by atoms with van der Waals surface area (Å²) < 4.78 is 5.11. The van der Waals surface area contributed by atoms with Crippen LogP contribution in [0.4, 0.5) is 4.79 Å². The predicted octanol–water partition coefficient (Wildman–Crippen LogP) is 4.08. The normalized spacial score (nSPS) is 10.6. The van der Waals surface area contributed by atoms with Crippen molar-refractivity contribution in [2.24, 2.45) is 0 Å². The lowest BCUT2D eigenvalue weighted by Gasteiger charge is -2.05. The van der Waals surface area contributed by atoms with Gasteiger partial charge in [-0.15, -0.1) is 11.3 Å². The number of hydrogen-bond acceptors (Lipinski definition) is 3. The van der Waals surface area contributed by atoms with Crippen LogP contribution in [0.5, 0.6) is 0 Å². The van der Waals surface area contributed by atoms with Gasteiger partial charge in [0.1, 0.15) is 6.61 Å². The standard InChI is InChI=1S/C16H17NO2S/c18-16(19-13-14-7-2-1-3-8-14)17-11-5-4-9-15-10-6-12-20-15/h1-4,6-10,12H,5,11,13H2,(H,17,18). The Morgan fingerprint density at radius 1 is 1.20 bits per heavy atom. The Hall–Kier alpha value is -2.07. The molecular weight excluding hydrogens is 270 g/mol. The Kier molecular flexibility index (Phi) is 5.86. The molecule has 20 heavy (non-hydrogen) atoms. The van der Waals surface area contributed by atoms with Crippen molar-refractivity contribution in [2.45, 2.75) is 13.0 Å². The fourth-order valence-electron chi connectivity index (χ4n) is 1.62. The first-order chi connectivity index (χ1) is 9.84. The van der Waals surface area contributed by atoms with Crippen LogP contribution < -0.4 is 5.32 Å². The first kappa shape index (κ1) is 14.3. The number of rotatable bonds is 6. The minimum absolute atomic E-state index is 0.303. The van der Waals surface area contributed by atoms with Crippen LogP contribution in [0.2, 0.25) is 0 Å². The number of amides is 1. The highest BCUT2D eigenvalue weighted by molar-refractivity contribution is 7.10. The van der Waals surface area contributed by atoms with E-state index in [4.69, 9.17) is 4.74 Å². The predicted molar refractivity (Wildman–Crippen MR) is 82.6 cm³/mol. The average molecular weight is 287 g/mol. The molecule has 0 aliphatic heterocycles. The fraction of sp³-hybridized carbons (Fsp3) is 0.188. The average Bonchev–Trinajstić information content (AvgIpc) is 2.99. The molecule has 104 valence electrons. The summed E-state index contributed by atoms with van der Waals surface area (Å²) in [5, 5.41) is 4.76. The van der Waals surface area contributed by atoms with Gasteiger partial charge in [-0.05, 0) is 29.5 Å². The molecule has 0 unspecified atom stereocenters. The molecule has 1 amide bonds. The van der Waals surface area contributed by atoms with Crippen LogP contribution in [0.25, 0.3) is 6.08 Å². The van der Waals surface area contributed by atoms with E-state index in [1.54, 1.807) is 11.3 Å². The van der Waals surface area contributed by atoms with Gasteiger partial charge in [0.15, 0.2) is 0 Å². The summed E-state index contributed by atoms with van der Waals surface area (Å²) in [6, 6.07) is 13.7. The van der Waals surface area contributed by atoms with Gasteiger partial charge in [0.25, 0.3) is 0 Å². The summed E-state index contributed by atoms with van der Waals surface area (Å²) in [6.45, 7) is 0.882. The third-order valence-corrected chi connectivity index (χ3v) is 3.46. The Morgan fingerprint density at radius 3 is 2.80 bits per heavy atom. The van der Waals surface area contributed by atoms with Crippen molar-refractivity contribution >= 4 is 23.5 Å². The number of benzene rings is 1. The van der Waals surface area contributed by atoms with E-state index in [0.717, 1.165) is 12.0 Å². The van der Waals surface area contributed by atoms with Crippen molar-refractivity contribution in [3.63, 3.8) is 0 Å². The first-order valence-corrected chi connectivity index (χ1v) is 7.37. The molecular formula is C16H17NO2S. The van der Waals surface area contributed by atoms with E-state index in [0.29, 0.717) is 13.2 Å². The summed E-state index contributed by atoms with van der Waals surface area (Å²) in [4.78, 5) is 12.7. The highest BCUT2D eigenvalue weighted by Crippen LogP contribution is 2.10. The number of hydrogen-bond donors (Lipinski definition) is 1. The van der Waals surface area contributed by atoms with E-state index in [1.165, 1.54) is 4.88 Å². The molecule has 0 bridgehead atoms. The second-order valence-electron chi connectivity index (χ2n) is 4.19. The van der Waals surface area contributed by atoms with Gasteiger partial charge in [0, 0.05) is 11.4 Å². The maximum atomic E-state index is 11.5. The zero-order chi connectivity index (χ0) is 14.0. The van der Waals surface area contributed by atoms with Crippen molar-refractivity contribution in [1.82, 2.24) is 5.32 Å². The van der Waals surface area contributed by atoms with Gasteiger partial charge in [0.05, 0.1) is 0 Å². The minimum atomic E-state index is -0.377. The minimum Gasteiger partial charge on any atom is -0.445 e. The Labute approximate surface area is 122 Å². The number of nitrogens with one attached hydrogen (secondary N) is 1. The van der Waals surface area contributed by atoms with Crippen LogP contribution in [0.1, 0.15) is 16.9 Å². The van der Waals surface area contributed by atoms with E-state index < -0.39 is 0 Å². The second kappa shape index (κ2) is 8.17. The zero-order valence-corrected chi connectivity index (χ0v) is 11.9. The second-order valence-corrected chi connectivity index (χ2v) is 5.17. The van der Waals surface area contributed by atoms with E-state index in [2.05, 4.69) is 17.5 Å². The van der Waals surface area contributed by atoms with Gasteiger partial charge in [-0.25, -0.2) is 4.79 Å². The van der Waals surface area contributed by atoms with Crippen LogP contribution >= 0.6 is 11.3 Å². The summed E-state index contributed by atoms with van der Waals surface area (Å²) in [5.41, 5.74) is 0.986. The molecule has 1 N–H and O–H groups in total. The third kappa shape index (κ3) is 5.28. The molecule has 0 saturated heterocycles. The molecule has 0 aliphatic rings. The quantitative estimate of drug-likeness (QED) is 0.813. The lowest BCUT2D eigenvalue weighted by Crippen LogP contribution is -2.24. The van der Waals surface area contributed by atoms with Gasteiger partial charge >= 0.3 is 6.09 Å². The van der Waals surface area contributed by atoms with Gasteiger partial charge in [0.2, 0.25) is 0 Å². The molecule has 0 spiro atoms. The molecule has 1 aromatic carbocycles. The van der Waals surface area contributed by atoms with E-state index in [1.807, 2.05) is 47.9 Å². The monoisotopic (exact) mass is 287 g/mol. The molecule has 1 aromatic heterocycles. The van der Waals surface area contributed by atoms with Gasteiger partial charge in [-0.2, -0.15) is 0 Å². The molecule has 2 aromatic rings. The molecule has 1 heterocycles. The van der Waals surface area contributed by atoms with Crippen molar-refractivity contribution in [1.29, 1.82) is 0 Å². The lowest BCUT2D eigenvalue weighted by molar-refractivity contribution is 0.140. The first-order valence-electron chi connectivity index (χ1n) is 6.49. The maximum Gasteiger partial charge on any atom is 0.407 e. The summed E-state index contributed by atoms with van der Waals surface area (Å²) in [7, 11) is 0. The summed E-state index contributed by atoms with van der Waals surface area (Å²) in [6.07, 6.45) is 4.52. The Morgan fingerprint density at radius 2 is 2.05 bits per heavy atom. The number of ether oxygens (including phenoxy) is 1. The number of thiophene rings is 1. The van der Waals surface area contributed by atoms with Crippen LogP contribution in [0.3, 0.4) is 0 Å². The van der Waals surface area contributed by atoms with Crippen LogP contribution in [0, 0.1) is 0 Å². The molecule has 0 atom stereocenters. The van der Waals surface area contributed by atoms with Gasteiger partial charge in [-0.3, -0.25) is 0 Å². The van der Waals surface area contributed by atoms with Crippen molar-refractivity contribution in [3.05, 3.63) is 64.4 Å². The molecule has 0 saturated carbocycles. The van der Waals surface area contributed by atoms with E-state index in [9.17, 15) is 4.79 Å². The van der Waals surface area contributed by atoms with E-state index >= 15 is 0 Å². The maximum absolute atomic E-state index is 11.5. The highest BCUT2D eigenvalue weighted by atomic mass is 32.1. The summed E-state index contributed by atoms with van der Waals surface area (Å²) in [5.74, 6) is 0. The molecule has 0 aliphatic carbocycles. The third-order valence-electron chi connectivity index (χ3n) is 2.62. The molecule has 0 fully saturated rings. The topological polar surface area (TPSA) is 38.3 Å². The van der Waals surface area contributed by atoms with Gasteiger partial charge < -0.3 is 10.1 Å². The number of carbonyl (C=O) groups is 1. The van der Waals surface area contributed by atoms with Gasteiger partial charge in [-0.1, -0.05) is 42.5 Å². The van der Waals surface area contributed by atoms with Crippen LogP contribution in [-0.2, 0) is 11.3 Å². The molecule has 3 nitrogen and oxygen atoms in total. The lowest BCUT2D eigenvalue weighted by atomic mass is 10.2. The van der Waals surface area contributed by atoms with Crippen LogP contribution in [0.15, 0.2) is 53.9 Å². The Bertz CT molecular complexity index is 535. The molecule has 2 rings (SSSR count). The van der Waals surface area contributed by atoms with E-state index in [-0.39, 0.29) is 6.09 Å². The number of alkyl carbamates (subject to hydrolysis) is 1. The molecule has 4 heteroatoms. The Balaban J connectivity index is 1.58. The largest absolute Gasteiger partial charge is 0.445 e. The zero-order valence-electron chi connectivity index (χ0n) is 11.1. The van der Waals surface area contributed by atoms with Crippen LogP contribution in [-0.4, -0.2) is 12.6 Å². The summed E-state index contributed by atoms with van der Waals surface area (Å²) >= 11 is 1.69. The number of carbonyl (C=O) groups excluding carboxylic acids is 1. The SMILES string of the molecule is O=C(NCCC=Cc1cccs1)OCc1ccccc1. The highest BCUT2D eigenvalue weighted by Gasteiger charge is 2.00. The van der Waals surface area contributed by atoms with Crippen molar-refractivity contribution in [2.75, 3.05) is 6.54 Å². The van der Waals surface area contributed by atoms with Crippen molar-refractivity contribution < 1.29 is 9.53 Å².